The number of nitrogens with one attached hydrogen (secondary N) is 1. The highest BCUT2D eigenvalue weighted by Crippen LogP contribution is 1.98. The van der Waals surface area contributed by atoms with Gasteiger partial charge in [-0.05, 0) is 0 Å². The lowest BCUT2D eigenvalue weighted by Crippen LogP contribution is -2.38. The molecule has 0 atom stereocenters. The number of rotatable bonds is 0. The summed E-state index contributed by atoms with van der Waals surface area (Å²) >= 11 is 0. The Labute approximate surface area is 88.0 Å². The predicted molar refractivity (Wildman–Crippen MR) is 57.3 cm³/mol. The molecule has 8 heteroatoms. The SMILES string of the molecule is Cn1c(=O)c2nc(N)c(=O)[nH]c2n(C)c1=O. The largest absolute Gasteiger partial charge is 0.379 e. The normalized spacial score (nSPS) is 10.9. The van der Waals surface area contributed by atoms with Crippen LogP contribution in [0.25, 0.3) is 11.2 Å². The molecular formula is C8H9N5O3. The monoisotopic (exact) mass is 223 g/mol. The van der Waals surface area contributed by atoms with E-state index >= 15 is 0 Å². The molecule has 0 aliphatic rings. The molecule has 0 unspecified atom stereocenters. The van der Waals surface area contributed by atoms with E-state index in [1.807, 2.05) is 0 Å². The van der Waals surface area contributed by atoms with E-state index in [2.05, 4.69) is 9.97 Å². The molecule has 0 fully saturated rings. The third-order valence-corrected chi connectivity index (χ3v) is 2.34. The molecule has 84 valence electrons. The van der Waals surface area contributed by atoms with E-state index in [1.54, 1.807) is 0 Å². The zero-order chi connectivity index (χ0) is 12.0. The highest BCUT2D eigenvalue weighted by atomic mass is 16.2. The second-order valence-electron chi connectivity index (χ2n) is 3.35. The summed E-state index contributed by atoms with van der Waals surface area (Å²) in [5, 5.41) is 0. The Hall–Kier alpha value is -2.38. The number of hydrogen-bond acceptors (Lipinski definition) is 5. The first-order valence-corrected chi connectivity index (χ1v) is 4.39. The van der Waals surface area contributed by atoms with Gasteiger partial charge < -0.3 is 10.7 Å². The van der Waals surface area contributed by atoms with Crippen molar-refractivity contribution in [2.75, 3.05) is 5.73 Å². The fourth-order valence-electron chi connectivity index (χ4n) is 1.41. The van der Waals surface area contributed by atoms with Crippen molar-refractivity contribution in [1.29, 1.82) is 0 Å². The molecular weight excluding hydrogens is 214 g/mol. The number of H-pyrrole nitrogens is 1. The van der Waals surface area contributed by atoms with Crippen LogP contribution < -0.4 is 22.5 Å². The molecule has 16 heavy (non-hydrogen) atoms. The van der Waals surface area contributed by atoms with E-state index < -0.39 is 16.8 Å². The number of nitrogen functional groups attached to an aromatic ring is 1. The lowest BCUT2D eigenvalue weighted by atomic mass is 10.4. The molecule has 0 amide bonds. The smallest absolute Gasteiger partial charge is 0.332 e. The predicted octanol–water partition coefficient (Wildman–Crippen LogP) is -2.10. The standard InChI is InChI=1S/C8H9N5O3/c1-12-5-3(7(15)13(2)8(12)16)10-4(9)6(14)11-5/h1-2H3,(H2,9,10)(H,11,14). The second-order valence-corrected chi connectivity index (χ2v) is 3.35. The maximum absolute atomic E-state index is 11.7. The maximum atomic E-state index is 11.7. The molecule has 2 aromatic rings. The minimum atomic E-state index is -0.629. The minimum Gasteiger partial charge on any atom is -0.379 e. The van der Waals surface area contributed by atoms with Crippen molar-refractivity contribution in [2.45, 2.75) is 0 Å². The number of hydrogen-bond donors (Lipinski definition) is 2. The van der Waals surface area contributed by atoms with Crippen LogP contribution in [0.15, 0.2) is 14.4 Å². The van der Waals surface area contributed by atoms with E-state index in [1.165, 1.54) is 14.1 Å². The van der Waals surface area contributed by atoms with Gasteiger partial charge in [0, 0.05) is 14.1 Å². The van der Waals surface area contributed by atoms with Gasteiger partial charge in [0.25, 0.3) is 11.1 Å². The van der Waals surface area contributed by atoms with Crippen LogP contribution in [-0.4, -0.2) is 19.1 Å². The van der Waals surface area contributed by atoms with Crippen LogP contribution in [-0.2, 0) is 14.1 Å². The van der Waals surface area contributed by atoms with Gasteiger partial charge >= 0.3 is 5.69 Å². The van der Waals surface area contributed by atoms with Crippen molar-refractivity contribution >= 4 is 17.0 Å². The molecule has 0 saturated carbocycles. The fourth-order valence-corrected chi connectivity index (χ4v) is 1.41. The summed E-state index contributed by atoms with van der Waals surface area (Å²) in [5.74, 6) is -0.303. The Morgan fingerprint density at radius 3 is 2.44 bits per heavy atom. The van der Waals surface area contributed by atoms with Gasteiger partial charge in [0.15, 0.2) is 11.3 Å². The maximum Gasteiger partial charge on any atom is 0.332 e. The average molecular weight is 223 g/mol. The number of aromatic amines is 1. The van der Waals surface area contributed by atoms with Crippen LogP contribution in [0.5, 0.6) is 0 Å². The molecule has 0 aliphatic carbocycles. The third kappa shape index (κ3) is 1.16. The van der Waals surface area contributed by atoms with Crippen LogP contribution in [0.3, 0.4) is 0 Å². The number of aryl methyl sites for hydroxylation is 1. The Kier molecular flexibility index (Phi) is 1.94. The zero-order valence-electron chi connectivity index (χ0n) is 8.64. The molecule has 0 spiro atoms. The van der Waals surface area contributed by atoms with Crippen molar-refractivity contribution in [2.24, 2.45) is 14.1 Å². The van der Waals surface area contributed by atoms with Gasteiger partial charge in [-0.2, -0.15) is 0 Å². The summed E-state index contributed by atoms with van der Waals surface area (Å²) in [5.41, 5.74) is 3.56. The average Bonchev–Trinajstić information content (AvgIpc) is 2.26. The van der Waals surface area contributed by atoms with Crippen LogP contribution in [0, 0.1) is 0 Å². The minimum absolute atomic E-state index is 0.0401. The summed E-state index contributed by atoms with van der Waals surface area (Å²) in [6.45, 7) is 0. The summed E-state index contributed by atoms with van der Waals surface area (Å²) in [6, 6.07) is 0. The molecule has 0 aromatic carbocycles. The summed E-state index contributed by atoms with van der Waals surface area (Å²) in [7, 11) is 2.75. The Balaban J connectivity index is 3.22. The first-order chi connectivity index (χ1) is 7.43. The fraction of sp³-hybridized carbons (Fsp3) is 0.250. The van der Waals surface area contributed by atoms with Gasteiger partial charge in [-0.3, -0.25) is 18.7 Å². The molecule has 2 heterocycles. The number of fused-ring (bicyclic) bond motifs is 1. The second kappa shape index (κ2) is 3.05. The molecule has 0 radical (unpaired) electrons. The number of anilines is 1. The van der Waals surface area contributed by atoms with Crippen LogP contribution in [0.4, 0.5) is 5.82 Å². The quantitative estimate of drug-likeness (QED) is 0.531. The van der Waals surface area contributed by atoms with E-state index in [0.29, 0.717) is 0 Å². The zero-order valence-corrected chi connectivity index (χ0v) is 8.64. The van der Waals surface area contributed by atoms with Gasteiger partial charge in [-0.25, -0.2) is 9.78 Å². The first kappa shape index (κ1) is 10.1. The van der Waals surface area contributed by atoms with Gasteiger partial charge in [0.1, 0.15) is 5.65 Å². The molecule has 0 aliphatic heterocycles. The molecule has 3 N–H and O–H groups in total. The van der Waals surface area contributed by atoms with Crippen molar-refractivity contribution in [3.63, 3.8) is 0 Å². The Morgan fingerprint density at radius 2 is 1.81 bits per heavy atom. The van der Waals surface area contributed by atoms with Crippen LogP contribution >= 0.6 is 0 Å². The molecule has 2 aromatic heterocycles. The summed E-state index contributed by atoms with van der Waals surface area (Å²) in [6.07, 6.45) is 0. The van der Waals surface area contributed by atoms with Gasteiger partial charge in [0.05, 0.1) is 0 Å². The van der Waals surface area contributed by atoms with E-state index in [-0.39, 0.29) is 17.0 Å². The highest BCUT2D eigenvalue weighted by molar-refractivity contribution is 5.69. The Morgan fingerprint density at radius 1 is 1.19 bits per heavy atom. The molecule has 0 bridgehead atoms. The van der Waals surface area contributed by atoms with E-state index in [9.17, 15) is 14.4 Å². The molecule has 0 saturated heterocycles. The van der Waals surface area contributed by atoms with Crippen LogP contribution in [0.2, 0.25) is 0 Å². The lowest BCUT2D eigenvalue weighted by Gasteiger charge is -2.05. The van der Waals surface area contributed by atoms with Crippen molar-refractivity contribution < 1.29 is 0 Å². The van der Waals surface area contributed by atoms with Gasteiger partial charge in [-0.15, -0.1) is 0 Å². The molecule has 2 rings (SSSR count). The number of aromatic nitrogens is 4. The Bertz CT molecular complexity index is 751. The van der Waals surface area contributed by atoms with Crippen molar-refractivity contribution in [3.05, 3.63) is 31.2 Å². The molecule has 8 nitrogen and oxygen atoms in total. The third-order valence-electron chi connectivity index (χ3n) is 2.34. The first-order valence-electron chi connectivity index (χ1n) is 4.39. The summed E-state index contributed by atoms with van der Waals surface area (Å²) < 4.78 is 2.03. The van der Waals surface area contributed by atoms with E-state index in [0.717, 1.165) is 9.13 Å². The topological polar surface area (TPSA) is 116 Å². The number of nitrogens with two attached hydrogens (primary N) is 1. The van der Waals surface area contributed by atoms with Gasteiger partial charge in [-0.1, -0.05) is 0 Å². The van der Waals surface area contributed by atoms with Gasteiger partial charge in [0.2, 0.25) is 0 Å². The van der Waals surface area contributed by atoms with E-state index in [4.69, 9.17) is 5.73 Å². The highest BCUT2D eigenvalue weighted by Gasteiger charge is 2.11. The van der Waals surface area contributed by atoms with Crippen molar-refractivity contribution in [3.8, 4) is 0 Å². The summed E-state index contributed by atoms with van der Waals surface area (Å²) in [4.78, 5) is 40.5. The van der Waals surface area contributed by atoms with Crippen molar-refractivity contribution in [1.82, 2.24) is 19.1 Å². The number of nitrogens with zero attached hydrogens (tertiary/aromatic N) is 3. The lowest BCUT2D eigenvalue weighted by molar-refractivity contribution is 0.703. The van der Waals surface area contributed by atoms with Crippen LogP contribution in [0.1, 0.15) is 0 Å².